The topological polar surface area (TPSA) is 88.1 Å². The van der Waals surface area contributed by atoms with Gasteiger partial charge in [0.25, 0.3) is 0 Å². The van der Waals surface area contributed by atoms with Crippen molar-refractivity contribution < 1.29 is 33.3 Å². The molecule has 7 nitrogen and oxygen atoms in total. The van der Waals surface area contributed by atoms with E-state index in [0.717, 1.165) is 51.4 Å². The minimum atomic E-state index is -0.489. The lowest BCUT2D eigenvalue weighted by Gasteiger charge is -2.13. The Balaban J connectivity index is 1.67. The van der Waals surface area contributed by atoms with E-state index in [1.807, 2.05) is 13.8 Å². The molecule has 2 rings (SSSR count). The van der Waals surface area contributed by atoms with Crippen LogP contribution in [0.2, 0.25) is 0 Å². The zero-order valence-corrected chi connectivity index (χ0v) is 23.7. The van der Waals surface area contributed by atoms with Gasteiger partial charge in [0.1, 0.15) is 11.5 Å². The SMILES string of the molecule is CCCCCC[C@H](C)OC(=O)c1ccc(OC(=O)c2ccc(OCCCCCCOC(=O)CCC)cc2)cc1. The Morgan fingerprint density at radius 2 is 1.26 bits per heavy atom. The molecule has 0 unspecified atom stereocenters. The van der Waals surface area contributed by atoms with Gasteiger partial charge >= 0.3 is 17.9 Å². The molecule has 0 heterocycles. The van der Waals surface area contributed by atoms with Gasteiger partial charge in [-0.05, 0) is 100 Å². The summed E-state index contributed by atoms with van der Waals surface area (Å²) in [5, 5.41) is 0. The Morgan fingerprint density at radius 1 is 0.667 bits per heavy atom. The number of hydrogen-bond donors (Lipinski definition) is 0. The van der Waals surface area contributed by atoms with Crippen molar-refractivity contribution in [2.45, 2.75) is 97.5 Å². The van der Waals surface area contributed by atoms with Crippen molar-refractivity contribution in [2.75, 3.05) is 13.2 Å². The molecule has 0 N–H and O–H groups in total. The van der Waals surface area contributed by atoms with Crippen LogP contribution in [0.25, 0.3) is 0 Å². The molecule has 2 aromatic rings. The van der Waals surface area contributed by atoms with Crippen LogP contribution in [0.15, 0.2) is 48.5 Å². The zero-order valence-electron chi connectivity index (χ0n) is 23.7. The smallest absolute Gasteiger partial charge is 0.343 e. The van der Waals surface area contributed by atoms with Crippen molar-refractivity contribution in [1.82, 2.24) is 0 Å². The van der Waals surface area contributed by atoms with Crippen LogP contribution in [0.3, 0.4) is 0 Å². The van der Waals surface area contributed by atoms with Gasteiger partial charge in [-0.25, -0.2) is 9.59 Å². The summed E-state index contributed by atoms with van der Waals surface area (Å²) in [4.78, 5) is 36.2. The normalized spacial score (nSPS) is 11.5. The number of carbonyl (C=O) groups is 3. The number of unbranched alkanes of at least 4 members (excludes halogenated alkanes) is 6. The van der Waals surface area contributed by atoms with Crippen molar-refractivity contribution >= 4 is 17.9 Å². The first kappa shape index (κ1) is 31.9. The molecule has 0 amide bonds. The molecule has 0 bridgehead atoms. The van der Waals surface area contributed by atoms with E-state index in [1.54, 1.807) is 48.5 Å². The van der Waals surface area contributed by atoms with Crippen LogP contribution in [0.4, 0.5) is 0 Å². The third kappa shape index (κ3) is 13.3. The second-order valence-electron chi connectivity index (χ2n) is 9.74. The minimum absolute atomic E-state index is 0.124. The van der Waals surface area contributed by atoms with Gasteiger partial charge in [-0.2, -0.15) is 0 Å². The molecule has 0 radical (unpaired) electrons. The van der Waals surface area contributed by atoms with E-state index < -0.39 is 5.97 Å². The monoisotopic (exact) mass is 540 g/mol. The molecule has 1 atom stereocenters. The molecule has 39 heavy (non-hydrogen) atoms. The molecule has 0 aliphatic rings. The maximum atomic E-state index is 12.5. The Kier molecular flexibility index (Phi) is 15.4. The van der Waals surface area contributed by atoms with Crippen LogP contribution in [0, 0.1) is 0 Å². The second kappa shape index (κ2) is 18.8. The number of esters is 3. The van der Waals surface area contributed by atoms with E-state index in [-0.39, 0.29) is 18.0 Å². The van der Waals surface area contributed by atoms with E-state index in [0.29, 0.717) is 42.3 Å². The lowest BCUT2D eigenvalue weighted by Crippen LogP contribution is -2.15. The molecule has 0 saturated heterocycles. The fourth-order valence-electron chi connectivity index (χ4n) is 3.89. The highest BCUT2D eigenvalue weighted by molar-refractivity contribution is 5.92. The Morgan fingerprint density at radius 3 is 1.90 bits per heavy atom. The Hall–Kier alpha value is -3.35. The van der Waals surface area contributed by atoms with Crippen LogP contribution in [-0.4, -0.2) is 37.2 Å². The van der Waals surface area contributed by atoms with Crippen LogP contribution in [-0.2, 0) is 14.3 Å². The molecule has 0 saturated carbocycles. The van der Waals surface area contributed by atoms with Crippen molar-refractivity contribution in [2.24, 2.45) is 0 Å². The van der Waals surface area contributed by atoms with Crippen LogP contribution in [0.5, 0.6) is 11.5 Å². The van der Waals surface area contributed by atoms with Gasteiger partial charge < -0.3 is 18.9 Å². The summed E-state index contributed by atoms with van der Waals surface area (Å²) in [6.45, 7) is 7.09. The average molecular weight is 541 g/mol. The molecule has 7 heteroatoms. The number of rotatable bonds is 19. The molecule has 0 aliphatic heterocycles. The predicted octanol–water partition coefficient (Wildman–Crippen LogP) is 7.70. The third-order valence-electron chi connectivity index (χ3n) is 6.19. The highest BCUT2D eigenvalue weighted by Crippen LogP contribution is 2.18. The summed E-state index contributed by atoms with van der Waals surface area (Å²) in [6, 6.07) is 13.2. The van der Waals surface area contributed by atoms with Crippen LogP contribution < -0.4 is 9.47 Å². The van der Waals surface area contributed by atoms with Gasteiger partial charge in [0, 0.05) is 6.42 Å². The van der Waals surface area contributed by atoms with E-state index in [4.69, 9.17) is 18.9 Å². The van der Waals surface area contributed by atoms with Gasteiger partial charge in [-0.3, -0.25) is 4.79 Å². The summed E-state index contributed by atoms with van der Waals surface area (Å²) in [7, 11) is 0. The van der Waals surface area contributed by atoms with Gasteiger partial charge in [0.05, 0.1) is 30.4 Å². The van der Waals surface area contributed by atoms with Gasteiger partial charge in [-0.15, -0.1) is 0 Å². The summed E-state index contributed by atoms with van der Waals surface area (Å²) in [6.07, 6.45) is 10.3. The fourth-order valence-corrected chi connectivity index (χ4v) is 3.89. The largest absolute Gasteiger partial charge is 0.494 e. The third-order valence-corrected chi connectivity index (χ3v) is 6.19. The van der Waals surface area contributed by atoms with E-state index in [1.165, 1.54) is 12.8 Å². The van der Waals surface area contributed by atoms with Crippen molar-refractivity contribution in [3.8, 4) is 11.5 Å². The number of benzene rings is 2. The maximum absolute atomic E-state index is 12.5. The van der Waals surface area contributed by atoms with Crippen LogP contribution in [0.1, 0.15) is 112 Å². The highest BCUT2D eigenvalue weighted by Gasteiger charge is 2.14. The Labute approximate surface area is 233 Å². The first-order chi connectivity index (χ1) is 18.9. The van der Waals surface area contributed by atoms with Crippen LogP contribution >= 0.6 is 0 Å². The average Bonchev–Trinajstić information content (AvgIpc) is 2.93. The van der Waals surface area contributed by atoms with Gasteiger partial charge in [0.2, 0.25) is 0 Å². The standard InChI is InChI=1S/C32H44O7/c1-4-6-7-10-14-25(3)38-31(34)26-17-21-29(22-18-26)39-32(35)27-15-19-28(20-16-27)36-23-11-8-9-12-24-37-30(33)13-5-2/h15-22,25H,4-14,23-24H2,1-3H3/t25-/m0/s1. The molecule has 0 spiro atoms. The Bertz CT molecular complexity index is 983. The van der Waals surface area contributed by atoms with E-state index in [2.05, 4.69) is 6.92 Å². The first-order valence-corrected chi connectivity index (χ1v) is 14.3. The molecular weight excluding hydrogens is 496 g/mol. The first-order valence-electron chi connectivity index (χ1n) is 14.3. The van der Waals surface area contributed by atoms with Gasteiger partial charge in [0.15, 0.2) is 0 Å². The molecule has 2 aromatic carbocycles. The predicted molar refractivity (Wildman–Crippen MR) is 151 cm³/mol. The molecule has 0 aliphatic carbocycles. The maximum Gasteiger partial charge on any atom is 0.343 e. The van der Waals surface area contributed by atoms with E-state index >= 15 is 0 Å². The summed E-state index contributed by atoms with van der Waals surface area (Å²) in [5.74, 6) is 0.0464. The van der Waals surface area contributed by atoms with Crippen molar-refractivity contribution in [1.29, 1.82) is 0 Å². The number of ether oxygens (including phenoxy) is 4. The molecule has 214 valence electrons. The van der Waals surface area contributed by atoms with Crippen molar-refractivity contribution in [3.63, 3.8) is 0 Å². The lowest BCUT2D eigenvalue weighted by atomic mass is 10.1. The highest BCUT2D eigenvalue weighted by atomic mass is 16.5. The fraction of sp³-hybridized carbons (Fsp3) is 0.531. The lowest BCUT2D eigenvalue weighted by molar-refractivity contribution is -0.143. The van der Waals surface area contributed by atoms with Crippen molar-refractivity contribution in [3.05, 3.63) is 59.7 Å². The minimum Gasteiger partial charge on any atom is -0.494 e. The number of hydrogen-bond acceptors (Lipinski definition) is 7. The summed E-state index contributed by atoms with van der Waals surface area (Å²) >= 11 is 0. The summed E-state index contributed by atoms with van der Waals surface area (Å²) < 4.78 is 21.9. The molecular formula is C32H44O7. The molecule has 0 fully saturated rings. The zero-order chi connectivity index (χ0) is 28.3. The summed E-state index contributed by atoms with van der Waals surface area (Å²) in [5.41, 5.74) is 0.826. The van der Waals surface area contributed by atoms with Gasteiger partial charge in [-0.1, -0.05) is 33.1 Å². The molecule has 0 aromatic heterocycles. The van der Waals surface area contributed by atoms with E-state index in [9.17, 15) is 14.4 Å². The second-order valence-corrected chi connectivity index (χ2v) is 9.74. The number of carbonyl (C=O) groups excluding carboxylic acids is 3. The quantitative estimate of drug-likeness (QED) is 0.102.